The van der Waals surface area contributed by atoms with E-state index in [2.05, 4.69) is 63.7 Å². The Morgan fingerprint density at radius 1 is 0.316 bits per heavy atom. The quantitative estimate of drug-likeness (QED) is 0.0292. The van der Waals surface area contributed by atoms with Crippen LogP contribution >= 0.6 is 59.4 Å². The van der Waals surface area contributed by atoms with E-state index < -0.39 is 57.4 Å². The number of halogens is 4. The number of carboxylic acids is 4. The Hall–Kier alpha value is -10.9. The van der Waals surface area contributed by atoms with E-state index in [1.165, 1.54) is 86.6 Å². The molecule has 0 aliphatic carbocycles. The van der Waals surface area contributed by atoms with Gasteiger partial charge in [-0.15, -0.1) is 0 Å². The molecule has 10 aromatic carbocycles. The van der Waals surface area contributed by atoms with Crippen molar-refractivity contribution in [3.05, 3.63) is 327 Å². The maximum Gasteiger partial charge on any atom is 0.337 e. The summed E-state index contributed by atoms with van der Waals surface area (Å²) >= 11 is 14.5. The second kappa shape index (κ2) is 35.2. The van der Waals surface area contributed by atoms with Gasteiger partial charge >= 0.3 is 160 Å². The minimum Gasteiger partial charge on any atom is -0.478 e. The Morgan fingerprint density at radius 2 is 0.643 bits per heavy atom. The average molecular weight is 1590 g/mol. The summed E-state index contributed by atoms with van der Waals surface area (Å²) in [5.74, 6) is -6.56. The molecule has 0 aliphatic heterocycles. The standard InChI is InChI=1S/C21H14BrNO4.C21H14ClNO4.C16H11AsBrO4.C16H12BrNO4/c22-16-10-11-18(17(12-16)21(26)27)23-20(25)15-8-6-14(7-9-15)19(24)13-4-2-1-3-5-13;22-16-9-10-18(17(12-16)21(26)27)23-20(25)15-8-4-7-14(11-15)19(24)13-5-2-1-3-6-13;1-9(19)10-2-4-11(5-3-10)15(20)17-14-7-6-12(18)8-13(14)16(21)22;1-9(19)10-3-2-4-11(7-10)15(20)18-14-6-5-12(17)8-13(14)16(21)22/h2*1-12H,(H,23,25)(H,26,27);2-8H,1H3,(H,21,22);2-8H,1H3,(H,18,20)(H,21,22). The number of aromatic carboxylic acids is 4. The SMILES string of the molecule is CC(=O)c1ccc(C(=O)[As]c2ccc(Br)cc2C(=O)O)cc1.CC(=O)c1cccc(C(=O)Nc2ccc(Br)cc2C(=O)O)c1.O=C(Nc1ccc(Br)cc1C(=O)O)c1ccc(C(=O)c2ccccc2)cc1.O=C(Nc1ccc(Cl)cc1C(=O)O)c1cccc(C(=O)c2ccccc2)c1. The molecule has 0 saturated heterocycles. The van der Waals surface area contributed by atoms with E-state index in [-0.39, 0.29) is 83.2 Å². The smallest absolute Gasteiger partial charge is 0.337 e. The Balaban J connectivity index is 0.000000185. The molecule has 0 aromatic heterocycles. The number of benzene rings is 10. The zero-order valence-electron chi connectivity index (χ0n) is 51.1. The molecule has 491 valence electrons. The van der Waals surface area contributed by atoms with E-state index in [1.807, 2.05) is 12.1 Å². The summed E-state index contributed by atoms with van der Waals surface area (Å²) in [4.78, 5) is 142. The number of rotatable bonds is 19. The van der Waals surface area contributed by atoms with Crippen LogP contribution in [0, 0.1) is 0 Å². The molecule has 0 saturated carbocycles. The van der Waals surface area contributed by atoms with Gasteiger partial charge in [0.25, 0.3) is 17.7 Å². The third kappa shape index (κ3) is 21.1. The number of carbonyl (C=O) groups is 12. The van der Waals surface area contributed by atoms with Crippen LogP contribution in [-0.4, -0.2) is 105 Å². The summed E-state index contributed by atoms with van der Waals surface area (Å²) in [6.45, 7) is 2.87. The molecule has 0 spiro atoms. The van der Waals surface area contributed by atoms with Crippen molar-refractivity contribution in [1.29, 1.82) is 0 Å². The van der Waals surface area contributed by atoms with Gasteiger partial charge < -0.3 is 31.3 Å². The van der Waals surface area contributed by atoms with Crippen molar-refractivity contribution in [2.24, 2.45) is 0 Å². The van der Waals surface area contributed by atoms with Gasteiger partial charge in [0, 0.05) is 58.5 Å². The predicted octanol–water partition coefficient (Wildman–Crippen LogP) is 15.3. The normalized spacial score (nSPS) is 10.3. The maximum atomic E-state index is 12.5. The van der Waals surface area contributed by atoms with Crippen molar-refractivity contribution < 1.29 is 78.0 Å². The Bertz CT molecular complexity index is 4770. The number of amides is 3. The molecule has 10 aromatic rings. The Kier molecular flexibility index (Phi) is 26.8. The Labute approximate surface area is 596 Å². The molecule has 0 fully saturated rings. The van der Waals surface area contributed by atoms with Gasteiger partial charge in [-0.05, 0) is 97.9 Å². The van der Waals surface area contributed by atoms with Gasteiger partial charge in [0.15, 0.2) is 17.3 Å². The topological polar surface area (TPSA) is 322 Å². The summed E-state index contributed by atoms with van der Waals surface area (Å²) in [6.07, 6.45) is 0. The number of carbonyl (C=O) groups excluding carboxylic acids is 8. The zero-order chi connectivity index (χ0) is 71.3. The third-order valence-electron chi connectivity index (χ3n) is 13.7. The predicted molar refractivity (Wildman–Crippen MR) is 381 cm³/mol. The van der Waals surface area contributed by atoms with E-state index in [0.29, 0.717) is 62.3 Å². The zero-order valence-corrected chi connectivity index (χ0v) is 58.5. The monoisotopic (exact) mass is 1580 g/mol. The van der Waals surface area contributed by atoms with Crippen molar-refractivity contribution >= 4 is 166 Å². The summed E-state index contributed by atoms with van der Waals surface area (Å²) in [7, 11) is 0. The van der Waals surface area contributed by atoms with Crippen LogP contribution in [0.2, 0.25) is 5.02 Å². The van der Waals surface area contributed by atoms with Crippen LogP contribution in [0.25, 0.3) is 0 Å². The number of Topliss-reactive ketones (excluding diaryl/α,β-unsaturated/α-hetero) is 2. The first-order valence-corrected chi connectivity index (χ1v) is 33.2. The number of nitrogens with one attached hydrogen (secondary N) is 3. The first-order valence-electron chi connectivity index (χ1n) is 28.6. The van der Waals surface area contributed by atoms with Gasteiger partial charge in [0.05, 0.1) is 33.8 Å². The number of ketones is 4. The first-order chi connectivity index (χ1) is 46.7. The van der Waals surface area contributed by atoms with E-state index >= 15 is 0 Å². The first kappa shape index (κ1) is 74.5. The molecule has 0 unspecified atom stereocenters. The van der Waals surface area contributed by atoms with Crippen LogP contribution in [0.3, 0.4) is 0 Å². The van der Waals surface area contributed by atoms with Crippen molar-refractivity contribution in [1.82, 2.24) is 0 Å². The molecule has 0 bridgehead atoms. The molecule has 0 atom stereocenters. The largest absolute Gasteiger partial charge is 0.478 e. The van der Waals surface area contributed by atoms with Crippen LogP contribution in [-0.2, 0) is 0 Å². The minimum absolute atomic E-state index is 0.0198. The maximum absolute atomic E-state index is 12.5. The van der Waals surface area contributed by atoms with E-state index in [0.717, 1.165) is 0 Å². The fourth-order valence-corrected chi connectivity index (χ4v) is 12.0. The molecule has 7 N–H and O–H groups in total. The average Bonchev–Trinajstić information content (AvgIpc) is 0.857. The van der Waals surface area contributed by atoms with Crippen LogP contribution in [0.1, 0.15) is 149 Å². The third-order valence-corrected chi connectivity index (χ3v) is 17.7. The summed E-state index contributed by atoms with van der Waals surface area (Å²) < 4.78 is 2.31. The van der Waals surface area contributed by atoms with Gasteiger partial charge in [-0.1, -0.05) is 141 Å². The van der Waals surface area contributed by atoms with E-state index in [1.54, 1.807) is 146 Å². The van der Waals surface area contributed by atoms with Crippen LogP contribution in [0.4, 0.5) is 17.1 Å². The van der Waals surface area contributed by atoms with E-state index in [4.69, 9.17) is 11.6 Å². The summed E-state index contributed by atoms with van der Waals surface area (Å²) in [6, 6.07) is 60.9. The van der Waals surface area contributed by atoms with Crippen LogP contribution in [0.15, 0.2) is 244 Å². The molecule has 1 radical (unpaired) electrons. The fraction of sp³-hybridized carbons (Fsp3) is 0.0270. The van der Waals surface area contributed by atoms with Crippen molar-refractivity contribution in [3.8, 4) is 0 Å². The minimum atomic E-state index is -1.21. The summed E-state index contributed by atoms with van der Waals surface area (Å²) in [5, 5.41) is 44.9. The Morgan fingerprint density at radius 3 is 1.09 bits per heavy atom. The number of carboxylic acid groups (broad SMARTS) is 4. The molecule has 0 aliphatic rings. The van der Waals surface area contributed by atoms with Gasteiger partial charge in [-0.2, -0.15) is 0 Å². The summed E-state index contributed by atoms with van der Waals surface area (Å²) in [5.41, 5.74) is 4.69. The van der Waals surface area contributed by atoms with Crippen molar-refractivity contribution in [2.75, 3.05) is 16.0 Å². The number of anilines is 3. The molecular weight excluding hydrogens is 1540 g/mol. The number of hydrogen-bond donors (Lipinski definition) is 7. The molecular formula is C74H51AsBr3ClN3O16. The fourth-order valence-electron chi connectivity index (χ4n) is 8.76. The van der Waals surface area contributed by atoms with Gasteiger partial charge in [0.1, 0.15) is 0 Å². The molecule has 0 heterocycles. The molecule has 3 amide bonds. The van der Waals surface area contributed by atoms with Gasteiger partial charge in [-0.25, -0.2) is 14.4 Å². The molecule has 10 rings (SSSR count). The molecule has 19 nitrogen and oxygen atoms in total. The van der Waals surface area contributed by atoms with Crippen LogP contribution in [0.5, 0.6) is 0 Å². The van der Waals surface area contributed by atoms with Crippen molar-refractivity contribution in [3.63, 3.8) is 0 Å². The van der Waals surface area contributed by atoms with E-state index in [9.17, 15) is 78.0 Å². The number of hydrogen-bond acceptors (Lipinski definition) is 12. The molecule has 98 heavy (non-hydrogen) atoms. The van der Waals surface area contributed by atoms with Crippen molar-refractivity contribution in [2.45, 2.75) is 13.8 Å². The second-order valence-corrected chi connectivity index (χ2v) is 26.1. The van der Waals surface area contributed by atoms with Crippen LogP contribution < -0.4 is 20.3 Å². The molecule has 24 heteroatoms. The van der Waals surface area contributed by atoms with Gasteiger partial charge in [-0.3, -0.25) is 28.8 Å². The second-order valence-electron chi connectivity index (χ2n) is 20.6. The van der Waals surface area contributed by atoms with Gasteiger partial charge in [0.2, 0.25) is 0 Å².